The minimum absolute atomic E-state index is 0.563. The highest BCUT2D eigenvalue weighted by Gasteiger charge is 2.41. The molecule has 0 saturated heterocycles. The lowest BCUT2D eigenvalue weighted by Crippen LogP contribution is -2.27. The summed E-state index contributed by atoms with van der Waals surface area (Å²) < 4.78 is 0. The third-order valence-corrected chi connectivity index (χ3v) is 9.57. The summed E-state index contributed by atoms with van der Waals surface area (Å²) in [6.07, 6.45) is 8.97. The van der Waals surface area contributed by atoms with Crippen LogP contribution in [-0.2, 0) is 0 Å². The largest absolute Gasteiger partial charge is 0.0720 e. The van der Waals surface area contributed by atoms with Gasteiger partial charge in [-0.1, -0.05) is 13.3 Å². The normalized spacial score (nSPS) is 30.5. The van der Waals surface area contributed by atoms with Gasteiger partial charge in [0.1, 0.15) is 0 Å². The summed E-state index contributed by atoms with van der Waals surface area (Å²) in [5, 5.41) is 0. The standard InChI is InChI=1S/C12H26P/c1-5-13(4,6-2)12-10-8-7-9-11(12)3/h11-12H,5-10H2,1-4H3/q+1. The van der Waals surface area contributed by atoms with E-state index in [1.165, 1.54) is 38.0 Å². The van der Waals surface area contributed by atoms with Crippen LogP contribution in [0.25, 0.3) is 0 Å². The topological polar surface area (TPSA) is 0 Å². The zero-order chi connectivity index (χ0) is 9.90. The van der Waals surface area contributed by atoms with Gasteiger partial charge in [-0.25, -0.2) is 0 Å². The SMILES string of the molecule is CC[P+](C)(CC)C1CCCCC1C. The molecule has 0 bridgehead atoms. The summed E-state index contributed by atoms with van der Waals surface area (Å²) in [4.78, 5) is 0. The van der Waals surface area contributed by atoms with Crippen LogP contribution in [0.5, 0.6) is 0 Å². The molecule has 2 unspecified atom stereocenters. The maximum absolute atomic E-state index is 2.61. The molecular formula is C12H26P+. The Hall–Kier alpha value is 0.430. The van der Waals surface area contributed by atoms with E-state index >= 15 is 0 Å². The Morgan fingerprint density at radius 1 is 1.08 bits per heavy atom. The molecule has 0 amide bonds. The first-order valence-corrected chi connectivity index (χ1v) is 8.65. The van der Waals surface area contributed by atoms with Crippen molar-refractivity contribution in [1.29, 1.82) is 0 Å². The molecule has 0 radical (unpaired) electrons. The quantitative estimate of drug-likeness (QED) is 0.599. The van der Waals surface area contributed by atoms with E-state index in [2.05, 4.69) is 27.4 Å². The van der Waals surface area contributed by atoms with Crippen molar-refractivity contribution in [3.8, 4) is 0 Å². The molecule has 2 atom stereocenters. The molecule has 1 heteroatoms. The lowest BCUT2D eigenvalue weighted by Gasteiger charge is -2.37. The van der Waals surface area contributed by atoms with Crippen molar-refractivity contribution < 1.29 is 0 Å². The van der Waals surface area contributed by atoms with Gasteiger partial charge in [-0.2, -0.15) is 0 Å². The van der Waals surface area contributed by atoms with Crippen molar-refractivity contribution in [2.75, 3.05) is 19.0 Å². The first kappa shape index (κ1) is 11.5. The van der Waals surface area contributed by atoms with Gasteiger partial charge in [0.15, 0.2) is 0 Å². The second kappa shape index (κ2) is 4.78. The summed E-state index contributed by atoms with van der Waals surface area (Å²) in [6, 6.07) is 0. The number of hydrogen-bond donors (Lipinski definition) is 0. The average Bonchev–Trinajstić information content (AvgIpc) is 2.17. The molecule has 0 aliphatic heterocycles. The molecule has 0 N–H and O–H groups in total. The zero-order valence-electron chi connectivity index (χ0n) is 9.84. The Morgan fingerprint density at radius 2 is 1.62 bits per heavy atom. The van der Waals surface area contributed by atoms with Crippen LogP contribution in [0.1, 0.15) is 46.5 Å². The van der Waals surface area contributed by atoms with Gasteiger partial charge >= 0.3 is 0 Å². The summed E-state index contributed by atoms with van der Waals surface area (Å²) >= 11 is 0. The van der Waals surface area contributed by atoms with E-state index in [1.54, 1.807) is 0 Å². The smallest absolute Gasteiger partial charge is 0.0588 e. The van der Waals surface area contributed by atoms with Crippen molar-refractivity contribution in [1.82, 2.24) is 0 Å². The molecule has 0 aromatic carbocycles. The highest BCUT2D eigenvalue weighted by Crippen LogP contribution is 2.63. The van der Waals surface area contributed by atoms with Crippen LogP contribution in [0.15, 0.2) is 0 Å². The Morgan fingerprint density at radius 3 is 2.08 bits per heavy atom. The van der Waals surface area contributed by atoms with Crippen LogP contribution in [0, 0.1) is 5.92 Å². The number of hydrogen-bond acceptors (Lipinski definition) is 0. The Bertz CT molecular complexity index is 149. The highest BCUT2D eigenvalue weighted by molar-refractivity contribution is 7.75. The summed E-state index contributed by atoms with van der Waals surface area (Å²) in [6.45, 7) is 9.93. The van der Waals surface area contributed by atoms with E-state index in [9.17, 15) is 0 Å². The van der Waals surface area contributed by atoms with Crippen LogP contribution in [0.4, 0.5) is 0 Å². The lowest BCUT2D eigenvalue weighted by atomic mass is 9.90. The predicted molar refractivity (Wildman–Crippen MR) is 65.3 cm³/mol. The molecule has 1 saturated carbocycles. The van der Waals surface area contributed by atoms with Crippen molar-refractivity contribution in [3.63, 3.8) is 0 Å². The van der Waals surface area contributed by atoms with Crippen LogP contribution in [0.2, 0.25) is 0 Å². The fraction of sp³-hybridized carbons (Fsp3) is 1.00. The van der Waals surface area contributed by atoms with Gasteiger partial charge in [-0.3, -0.25) is 0 Å². The maximum atomic E-state index is 2.61. The molecular weight excluding hydrogens is 175 g/mol. The Kier molecular flexibility index (Phi) is 4.23. The van der Waals surface area contributed by atoms with Gasteiger partial charge in [0.05, 0.1) is 18.0 Å². The minimum Gasteiger partial charge on any atom is -0.0588 e. The lowest BCUT2D eigenvalue weighted by molar-refractivity contribution is 0.390. The third-order valence-electron chi connectivity index (χ3n) is 4.31. The van der Waals surface area contributed by atoms with Gasteiger partial charge in [-0.15, -0.1) is 0 Å². The molecule has 1 fully saturated rings. The van der Waals surface area contributed by atoms with E-state index < -0.39 is 7.26 Å². The fourth-order valence-corrected chi connectivity index (χ4v) is 6.48. The van der Waals surface area contributed by atoms with Crippen LogP contribution < -0.4 is 0 Å². The highest BCUT2D eigenvalue weighted by atomic mass is 31.2. The predicted octanol–water partition coefficient (Wildman–Crippen LogP) is 4.25. The van der Waals surface area contributed by atoms with Gasteiger partial charge < -0.3 is 0 Å². The molecule has 78 valence electrons. The van der Waals surface area contributed by atoms with E-state index in [1.807, 2.05) is 0 Å². The maximum Gasteiger partial charge on any atom is 0.0720 e. The number of rotatable bonds is 3. The second-order valence-corrected chi connectivity index (χ2v) is 9.83. The molecule has 1 aliphatic rings. The van der Waals surface area contributed by atoms with Gasteiger partial charge in [-0.05, 0) is 39.0 Å². The van der Waals surface area contributed by atoms with Gasteiger partial charge in [0.25, 0.3) is 0 Å². The third kappa shape index (κ3) is 2.46. The second-order valence-electron chi connectivity index (χ2n) is 4.94. The summed E-state index contributed by atoms with van der Waals surface area (Å²) in [7, 11) is -0.563. The fourth-order valence-electron chi connectivity index (χ4n) is 2.92. The molecule has 0 nitrogen and oxygen atoms in total. The monoisotopic (exact) mass is 201 g/mol. The van der Waals surface area contributed by atoms with Crippen molar-refractivity contribution >= 4 is 7.26 Å². The van der Waals surface area contributed by atoms with Crippen molar-refractivity contribution in [3.05, 3.63) is 0 Å². The molecule has 13 heavy (non-hydrogen) atoms. The average molecular weight is 201 g/mol. The van der Waals surface area contributed by atoms with E-state index in [4.69, 9.17) is 0 Å². The molecule has 0 aromatic rings. The van der Waals surface area contributed by atoms with Gasteiger partial charge in [0.2, 0.25) is 0 Å². The summed E-state index contributed by atoms with van der Waals surface area (Å²) in [5.74, 6) is 1.02. The van der Waals surface area contributed by atoms with Crippen molar-refractivity contribution in [2.24, 2.45) is 5.92 Å². The summed E-state index contributed by atoms with van der Waals surface area (Å²) in [5.41, 5.74) is 1.11. The van der Waals surface area contributed by atoms with Crippen LogP contribution in [-0.4, -0.2) is 24.6 Å². The Balaban J connectivity index is 2.65. The minimum atomic E-state index is -0.563. The van der Waals surface area contributed by atoms with Crippen molar-refractivity contribution in [2.45, 2.75) is 52.1 Å². The van der Waals surface area contributed by atoms with Crippen LogP contribution in [0.3, 0.4) is 0 Å². The first-order valence-electron chi connectivity index (χ1n) is 5.98. The van der Waals surface area contributed by atoms with E-state index in [0.29, 0.717) is 0 Å². The molecule has 1 aliphatic carbocycles. The molecule has 0 heterocycles. The Labute approximate surface area is 84.8 Å². The first-order chi connectivity index (χ1) is 6.14. The van der Waals surface area contributed by atoms with E-state index in [0.717, 1.165) is 11.6 Å². The van der Waals surface area contributed by atoms with E-state index in [-0.39, 0.29) is 0 Å². The van der Waals surface area contributed by atoms with Gasteiger partial charge in [0, 0.05) is 13.9 Å². The molecule has 0 spiro atoms. The zero-order valence-corrected chi connectivity index (χ0v) is 10.7. The molecule has 1 rings (SSSR count). The molecule has 0 aromatic heterocycles. The van der Waals surface area contributed by atoms with Crippen LogP contribution >= 0.6 is 7.26 Å².